The standard InChI is InChI=1S/C20H22N2O2/c1-11-9-20(2)16(7-8-17(20)23)15-6-5-14-13(18(11)15)4-3-12(10-21)19(14)22-24/h3-4,11,15-16,18H,5-9H2,1-2H3/t11-,15?,16?,18?,20-/m0/s1. The maximum absolute atomic E-state index is 12.5. The van der Waals surface area contributed by atoms with E-state index in [9.17, 15) is 15.0 Å². The molecule has 0 radical (unpaired) electrons. The van der Waals surface area contributed by atoms with Gasteiger partial charge in [0.05, 0.1) is 5.56 Å². The van der Waals surface area contributed by atoms with E-state index in [1.54, 1.807) is 6.07 Å². The molecule has 2 fully saturated rings. The van der Waals surface area contributed by atoms with Gasteiger partial charge in [-0.05, 0) is 71.7 Å². The van der Waals surface area contributed by atoms with Crippen molar-refractivity contribution in [2.24, 2.45) is 28.3 Å². The summed E-state index contributed by atoms with van der Waals surface area (Å²) in [4.78, 5) is 23.8. The molecule has 2 saturated carbocycles. The summed E-state index contributed by atoms with van der Waals surface area (Å²) in [6, 6.07) is 5.88. The average Bonchev–Trinajstić information content (AvgIpc) is 2.87. The number of hydrogen-bond acceptors (Lipinski definition) is 4. The van der Waals surface area contributed by atoms with E-state index in [2.05, 4.69) is 25.1 Å². The predicted molar refractivity (Wildman–Crippen MR) is 90.8 cm³/mol. The van der Waals surface area contributed by atoms with Gasteiger partial charge >= 0.3 is 0 Å². The Morgan fingerprint density at radius 3 is 2.79 bits per heavy atom. The number of hydrogen-bond donors (Lipinski definition) is 0. The molecule has 0 spiro atoms. The summed E-state index contributed by atoms with van der Waals surface area (Å²) in [5.41, 5.74) is 2.75. The summed E-state index contributed by atoms with van der Waals surface area (Å²) in [5, 5.41) is 12.4. The Labute approximate surface area is 142 Å². The van der Waals surface area contributed by atoms with Gasteiger partial charge in [0.2, 0.25) is 0 Å². The van der Waals surface area contributed by atoms with Crippen LogP contribution in [0.5, 0.6) is 0 Å². The van der Waals surface area contributed by atoms with Crippen molar-refractivity contribution >= 4 is 11.5 Å². The van der Waals surface area contributed by atoms with Crippen molar-refractivity contribution in [3.63, 3.8) is 0 Å². The van der Waals surface area contributed by atoms with E-state index in [-0.39, 0.29) is 5.41 Å². The van der Waals surface area contributed by atoms with Crippen molar-refractivity contribution in [1.29, 1.82) is 5.26 Å². The molecular weight excluding hydrogens is 300 g/mol. The molecule has 3 aliphatic rings. The number of carbonyl (C=O) groups is 1. The summed E-state index contributed by atoms with van der Waals surface area (Å²) in [6.45, 7) is 4.42. The van der Waals surface area contributed by atoms with Crippen LogP contribution in [0.4, 0.5) is 5.69 Å². The third kappa shape index (κ3) is 1.87. The lowest BCUT2D eigenvalue weighted by Crippen LogP contribution is -2.46. The van der Waals surface area contributed by atoms with Gasteiger partial charge in [-0.15, -0.1) is 4.91 Å². The summed E-state index contributed by atoms with van der Waals surface area (Å²) in [7, 11) is 0. The number of nitroso groups, excluding NO2 is 1. The minimum Gasteiger partial charge on any atom is -0.299 e. The summed E-state index contributed by atoms with van der Waals surface area (Å²) >= 11 is 0. The van der Waals surface area contributed by atoms with Gasteiger partial charge in [0.15, 0.2) is 0 Å². The number of fused-ring (bicyclic) bond motifs is 5. The third-order valence-corrected chi connectivity index (χ3v) is 7.09. The second-order valence-electron chi connectivity index (χ2n) is 8.13. The molecule has 5 atom stereocenters. The van der Waals surface area contributed by atoms with Gasteiger partial charge in [0, 0.05) is 11.8 Å². The average molecular weight is 322 g/mol. The fourth-order valence-electron chi connectivity index (χ4n) is 6.17. The molecule has 1 aromatic carbocycles. The molecule has 4 heteroatoms. The molecule has 4 rings (SSSR count). The Hall–Kier alpha value is -2.02. The maximum Gasteiger partial charge on any atom is 0.139 e. The van der Waals surface area contributed by atoms with Crippen molar-refractivity contribution in [3.8, 4) is 6.07 Å². The molecule has 0 aromatic heterocycles. The number of Topliss-reactive ketones (excluding diaryl/α,β-unsaturated/α-hetero) is 1. The molecule has 1 aromatic rings. The second kappa shape index (κ2) is 5.24. The molecular formula is C20H22N2O2. The van der Waals surface area contributed by atoms with Crippen LogP contribution in [0.3, 0.4) is 0 Å². The van der Waals surface area contributed by atoms with E-state index in [4.69, 9.17) is 0 Å². The highest BCUT2D eigenvalue weighted by Gasteiger charge is 2.56. The van der Waals surface area contributed by atoms with Gasteiger partial charge in [-0.3, -0.25) is 4.79 Å². The molecule has 3 aliphatic carbocycles. The maximum atomic E-state index is 12.5. The summed E-state index contributed by atoms with van der Waals surface area (Å²) in [6.07, 6.45) is 4.45. The van der Waals surface area contributed by atoms with Gasteiger partial charge < -0.3 is 0 Å². The molecule has 0 heterocycles. The summed E-state index contributed by atoms with van der Waals surface area (Å²) in [5.74, 6) is 2.20. The van der Waals surface area contributed by atoms with Crippen molar-refractivity contribution in [2.75, 3.05) is 0 Å². The first-order valence-electron chi connectivity index (χ1n) is 8.93. The second-order valence-corrected chi connectivity index (χ2v) is 8.13. The van der Waals surface area contributed by atoms with E-state index in [0.717, 1.165) is 37.7 Å². The molecule has 4 nitrogen and oxygen atoms in total. The minimum atomic E-state index is -0.156. The quantitative estimate of drug-likeness (QED) is 0.708. The Kier molecular flexibility index (Phi) is 3.38. The fraction of sp³-hybridized carbons (Fsp3) is 0.600. The van der Waals surface area contributed by atoms with E-state index in [1.165, 1.54) is 5.56 Å². The van der Waals surface area contributed by atoms with Crippen LogP contribution in [-0.4, -0.2) is 5.78 Å². The highest BCUT2D eigenvalue weighted by atomic mass is 16.3. The normalized spacial score (nSPS) is 37.1. The Balaban J connectivity index is 1.82. The van der Waals surface area contributed by atoms with E-state index in [1.807, 2.05) is 6.07 Å². The van der Waals surface area contributed by atoms with Crippen LogP contribution in [0.2, 0.25) is 0 Å². The van der Waals surface area contributed by atoms with Crippen molar-refractivity contribution in [2.45, 2.75) is 51.9 Å². The highest BCUT2D eigenvalue weighted by molar-refractivity contribution is 5.87. The first kappa shape index (κ1) is 15.5. The number of ketones is 1. The Bertz CT molecular complexity index is 779. The highest BCUT2D eigenvalue weighted by Crippen LogP contribution is 2.62. The molecule has 0 aliphatic heterocycles. The van der Waals surface area contributed by atoms with Crippen LogP contribution >= 0.6 is 0 Å². The Morgan fingerprint density at radius 2 is 2.08 bits per heavy atom. The van der Waals surface area contributed by atoms with Crippen LogP contribution in [0.1, 0.15) is 62.1 Å². The van der Waals surface area contributed by atoms with Crippen LogP contribution in [0, 0.1) is 39.4 Å². The van der Waals surface area contributed by atoms with Gasteiger partial charge in [-0.2, -0.15) is 5.26 Å². The zero-order chi connectivity index (χ0) is 17.1. The zero-order valence-electron chi connectivity index (χ0n) is 14.2. The fourth-order valence-corrected chi connectivity index (χ4v) is 6.17. The minimum absolute atomic E-state index is 0.156. The lowest BCUT2D eigenvalue weighted by atomic mass is 9.52. The number of benzene rings is 1. The molecule has 124 valence electrons. The van der Waals surface area contributed by atoms with Crippen molar-refractivity contribution < 1.29 is 4.79 Å². The predicted octanol–water partition coefficient (Wildman–Crippen LogP) is 4.63. The SMILES string of the molecule is C[C@H]1C[C@]2(C)C(=O)CCC2C2CCc3c(ccc(C#N)c3N=O)C21. The topological polar surface area (TPSA) is 70.3 Å². The Morgan fingerprint density at radius 1 is 1.29 bits per heavy atom. The zero-order valence-corrected chi connectivity index (χ0v) is 14.2. The van der Waals surface area contributed by atoms with E-state index >= 15 is 0 Å². The smallest absolute Gasteiger partial charge is 0.139 e. The lowest BCUT2D eigenvalue weighted by molar-refractivity contribution is -0.130. The van der Waals surface area contributed by atoms with Gasteiger partial charge in [0.25, 0.3) is 0 Å². The number of rotatable bonds is 1. The molecule has 0 bridgehead atoms. The van der Waals surface area contributed by atoms with Gasteiger partial charge in [-0.25, -0.2) is 0 Å². The van der Waals surface area contributed by atoms with Crippen LogP contribution in [0.25, 0.3) is 0 Å². The lowest BCUT2D eigenvalue weighted by Gasteiger charge is -2.51. The van der Waals surface area contributed by atoms with Gasteiger partial charge in [0.1, 0.15) is 17.5 Å². The first-order valence-corrected chi connectivity index (χ1v) is 8.93. The van der Waals surface area contributed by atoms with Crippen LogP contribution < -0.4 is 0 Å². The molecule has 0 saturated heterocycles. The van der Waals surface area contributed by atoms with Crippen LogP contribution in [0.15, 0.2) is 17.3 Å². The third-order valence-electron chi connectivity index (χ3n) is 7.09. The van der Waals surface area contributed by atoms with Crippen LogP contribution in [-0.2, 0) is 11.2 Å². The number of nitriles is 1. The van der Waals surface area contributed by atoms with E-state index < -0.39 is 0 Å². The first-order chi connectivity index (χ1) is 11.5. The monoisotopic (exact) mass is 322 g/mol. The number of carbonyl (C=O) groups excluding carboxylic acids is 1. The number of nitrogens with zero attached hydrogens (tertiary/aromatic N) is 2. The van der Waals surface area contributed by atoms with E-state index in [0.29, 0.717) is 40.7 Å². The molecule has 3 unspecified atom stereocenters. The molecule has 0 amide bonds. The van der Waals surface area contributed by atoms with Crippen molar-refractivity contribution in [3.05, 3.63) is 33.7 Å². The van der Waals surface area contributed by atoms with Crippen molar-refractivity contribution in [1.82, 2.24) is 0 Å². The molecule has 0 N–H and O–H groups in total. The molecule has 24 heavy (non-hydrogen) atoms. The summed E-state index contributed by atoms with van der Waals surface area (Å²) < 4.78 is 0. The van der Waals surface area contributed by atoms with Gasteiger partial charge in [-0.1, -0.05) is 19.9 Å². The largest absolute Gasteiger partial charge is 0.299 e.